The molecular formula is C28H29BrF3N3O3. The molecule has 1 saturated heterocycles. The first kappa shape index (κ1) is 27.9. The molecule has 3 aromatic rings. The quantitative estimate of drug-likeness (QED) is 0.305. The number of pyridine rings is 1. The molecule has 2 aromatic carbocycles. The lowest BCUT2D eigenvalue weighted by Crippen LogP contribution is -2.33. The van der Waals surface area contributed by atoms with E-state index in [-0.39, 0.29) is 24.9 Å². The van der Waals surface area contributed by atoms with Gasteiger partial charge in [-0.1, -0.05) is 34.1 Å². The molecule has 2 heterocycles. The molecule has 10 heteroatoms. The average molecular weight is 592 g/mol. The monoisotopic (exact) mass is 591 g/mol. The number of piperidine rings is 1. The summed E-state index contributed by atoms with van der Waals surface area (Å²) in [6.07, 6.45) is -1.77. The largest absolute Gasteiger partial charge is 0.481 e. The van der Waals surface area contributed by atoms with Crippen LogP contribution >= 0.6 is 15.9 Å². The van der Waals surface area contributed by atoms with Crippen LogP contribution in [0.1, 0.15) is 65.1 Å². The molecular weight excluding hydrogens is 563 g/mol. The van der Waals surface area contributed by atoms with Gasteiger partial charge in [-0.05, 0) is 62.4 Å². The fraction of sp³-hybridized carbons (Fsp3) is 0.393. The van der Waals surface area contributed by atoms with Crippen LogP contribution in [0, 0.1) is 6.92 Å². The first-order valence-corrected chi connectivity index (χ1v) is 13.4. The van der Waals surface area contributed by atoms with E-state index in [1.807, 2.05) is 25.1 Å². The van der Waals surface area contributed by atoms with Gasteiger partial charge in [0.2, 0.25) is 0 Å². The van der Waals surface area contributed by atoms with Gasteiger partial charge in [-0.15, -0.1) is 0 Å². The topological polar surface area (TPSA) is 82.5 Å². The first-order valence-electron chi connectivity index (χ1n) is 12.6. The summed E-state index contributed by atoms with van der Waals surface area (Å²) in [5, 5.41) is 12.7. The zero-order valence-corrected chi connectivity index (χ0v) is 22.5. The van der Waals surface area contributed by atoms with Crippen LogP contribution in [0.15, 0.2) is 46.9 Å². The Hall–Kier alpha value is -3.14. The minimum atomic E-state index is -4.60. The highest BCUT2D eigenvalue weighted by Gasteiger charge is 2.35. The van der Waals surface area contributed by atoms with E-state index >= 15 is 0 Å². The molecule has 0 spiro atoms. The number of hydrogen-bond donors (Lipinski definition) is 2. The summed E-state index contributed by atoms with van der Waals surface area (Å²) in [7, 11) is 0. The third-order valence-corrected chi connectivity index (χ3v) is 7.46. The van der Waals surface area contributed by atoms with Crippen LogP contribution in [-0.4, -0.2) is 41.6 Å². The highest BCUT2D eigenvalue weighted by Crippen LogP contribution is 2.37. The summed E-state index contributed by atoms with van der Waals surface area (Å²) < 4.78 is 42.0. The van der Waals surface area contributed by atoms with Crippen molar-refractivity contribution < 1.29 is 27.9 Å². The van der Waals surface area contributed by atoms with Gasteiger partial charge in [0.05, 0.1) is 16.6 Å². The maximum absolute atomic E-state index is 13.7. The van der Waals surface area contributed by atoms with E-state index in [9.17, 15) is 27.9 Å². The van der Waals surface area contributed by atoms with Crippen molar-refractivity contribution in [3.05, 3.63) is 69.2 Å². The van der Waals surface area contributed by atoms with Gasteiger partial charge >= 0.3 is 12.1 Å². The van der Waals surface area contributed by atoms with E-state index in [2.05, 4.69) is 26.1 Å². The maximum Gasteiger partial charge on any atom is 0.416 e. The lowest BCUT2D eigenvalue weighted by Gasteiger charge is -2.30. The number of rotatable bonds is 8. The van der Waals surface area contributed by atoms with Crippen molar-refractivity contribution in [1.29, 1.82) is 0 Å². The van der Waals surface area contributed by atoms with E-state index < -0.39 is 29.5 Å². The SMILES string of the molecule is Cc1c(N2CCCCC2)nc2ccc(Br)cc2c1C(=O)NCC(CCC(=O)O)c1ccccc1C(F)(F)F. The van der Waals surface area contributed by atoms with Crippen LogP contribution in [0.5, 0.6) is 0 Å². The number of benzene rings is 2. The number of carboxylic acids is 1. The van der Waals surface area contributed by atoms with Crippen LogP contribution in [0.4, 0.5) is 19.0 Å². The fourth-order valence-electron chi connectivity index (χ4n) is 5.10. The number of anilines is 1. The number of hydrogen-bond acceptors (Lipinski definition) is 4. The minimum Gasteiger partial charge on any atom is -0.481 e. The molecule has 2 N–H and O–H groups in total. The number of alkyl halides is 3. The molecule has 1 unspecified atom stereocenters. The highest BCUT2D eigenvalue weighted by atomic mass is 79.9. The van der Waals surface area contributed by atoms with Gasteiger partial charge in [0.25, 0.3) is 5.91 Å². The van der Waals surface area contributed by atoms with Crippen molar-refractivity contribution in [3.63, 3.8) is 0 Å². The number of nitrogens with zero attached hydrogens (tertiary/aromatic N) is 2. The summed E-state index contributed by atoms with van der Waals surface area (Å²) in [5.74, 6) is -1.65. The fourth-order valence-corrected chi connectivity index (χ4v) is 5.47. The second kappa shape index (κ2) is 11.7. The van der Waals surface area contributed by atoms with Crippen LogP contribution in [-0.2, 0) is 11.0 Å². The first-order chi connectivity index (χ1) is 18.1. The van der Waals surface area contributed by atoms with E-state index in [1.165, 1.54) is 18.2 Å². The third-order valence-electron chi connectivity index (χ3n) is 6.97. The Morgan fingerprint density at radius 1 is 1.13 bits per heavy atom. The standard InChI is InChI=1S/C28H29BrF3N3O3/c1-17-25(21-15-19(29)10-11-23(21)34-26(17)35-13-5-2-6-14-35)27(38)33-16-18(9-12-24(36)37)20-7-3-4-8-22(20)28(30,31)32/h3-4,7-8,10-11,15,18H,2,5-6,9,12-14,16H2,1H3,(H,33,38)(H,36,37). The number of aromatic nitrogens is 1. The highest BCUT2D eigenvalue weighted by molar-refractivity contribution is 9.10. The third kappa shape index (κ3) is 6.28. The zero-order valence-electron chi connectivity index (χ0n) is 20.9. The van der Waals surface area contributed by atoms with Crippen molar-refractivity contribution in [1.82, 2.24) is 10.3 Å². The Kier molecular flexibility index (Phi) is 8.60. The smallest absolute Gasteiger partial charge is 0.416 e. The number of carbonyl (C=O) groups excluding carboxylic acids is 1. The minimum absolute atomic E-state index is 0.0328. The van der Waals surface area contributed by atoms with E-state index in [4.69, 9.17) is 4.98 Å². The van der Waals surface area contributed by atoms with Crippen molar-refractivity contribution in [2.75, 3.05) is 24.5 Å². The molecule has 1 aliphatic rings. The van der Waals surface area contributed by atoms with Crippen molar-refractivity contribution in [2.24, 2.45) is 0 Å². The second-order valence-corrected chi connectivity index (χ2v) is 10.5. The molecule has 6 nitrogen and oxygen atoms in total. The van der Waals surface area contributed by atoms with E-state index in [0.29, 0.717) is 22.0 Å². The van der Waals surface area contributed by atoms with Crippen molar-refractivity contribution >= 4 is 44.5 Å². The molecule has 202 valence electrons. The summed E-state index contributed by atoms with van der Waals surface area (Å²) in [6.45, 7) is 3.37. The van der Waals surface area contributed by atoms with Crippen molar-refractivity contribution in [3.8, 4) is 0 Å². The summed E-state index contributed by atoms with van der Waals surface area (Å²) in [4.78, 5) is 32.0. The molecule has 1 atom stereocenters. The number of halogens is 4. The molecule has 0 bridgehead atoms. The van der Waals surface area contributed by atoms with Crippen LogP contribution < -0.4 is 10.2 Å². The number of carboxylic acid groups (broad SMARTS) is 1. The molecule has 1 aromatic heterocycles. The van der Waals surface area contributed by atoms with Gasteiger partial charge in [0, 0.05) is 47.4 Å². The lowest BCUT2D eigenvalue weighted by molar-refractivity contribution is -0.138. The average Bonchev–Trinajstić information content (AvgIpc) is 2.88. The van der Waals surface area contributed by atoms with Gasteiger partial charge in [-0.2, -0.15) is 13.2 Å². The second-order valence-electron chi connectivity index (χ2n) is 9.57. The van der Waals surface area contributed by atoms with Gasteiger partial charge in [-0.25, -0.2) is 4.98 Å². The molecule has 1 amide bonds. The Bertz CT molecular complexity index is 1340. The lowest BCUT2D eigenvalue weighted by atomic mass is 9.89. The predicted molar refractivity (Wildman–Crippen MR) is 144 cm³/mol. The van der Waals surface area contributed by atoms with Crippen LogP contribution in [0.25, 0.3) is 10.9 Å². The molecule has 1 aliphatic heterocycles. The summed E-state index contributed by atoms with van der Waals surface area (Å²) in [6, 6.07) is 10.6. The van der Waals surface area contributed by atoms with E-state index in [0.717, 1.165) is 48.7 Å². The molecule has 0 aliphatic carbocycles. The van der Waals surface area contributed by atoms with E-state index in [1.54, 1.807) is 0 Å². The number of carbonyl (C=O) groups is 2. The van der Waals surface area contributed by atoms with Gasteiger partial charge in [-0.3, -0.25) is 9.59 Å². The number of nitrogens with one attached hydrogen (secondary N) is 1. The van der Waals surface area contributed by atoms with Crippen molar-refractivity contribution in [2.45, 2.75) is 51.1 Å². The predicted octanol–water partition coefficient (Wildman–Crippen LogP) is 6.69. The summed E-state index contributed by atoms with van der Waals surface area (Å²) >= 11 is 3.46. The van der Waals surface area contributed by atoms with Gasteiger partial charge in [0.1, 0.15) is 5.82 Å². The van der Waals surface area contributed by atoms with Crippen LogP contribution in [0.3, 0.4) is 0 Å². The normalized spacial score (nSPS) is 14.9. The zero-order chi connectivity index (χ0) is 27.4. The van der Waals surface area contributed by atoms with Gasteiger partial charge < -0.3 is 15.3 Å². The number of aliphatic carboxylic acids is 1. The molecule has 0 saturated carbocycles. The molecule has 1 fully saturated rings. The Morgan fingerprint density at radius 3 is 2.53 bits per heavy atom. The number of amides is 1. The molecule has 38 heavy (non-hydrogen) atoms. The Morgan fingerprint density at radius 2 is 1.84 bits per heavy atom. The van der Waals surface area contributed by atoms with Crippen LogP contribution in [0.2, 0.25) is 0 Å². The molecule has 4 rings (SSSR count). The maximum atomic E-state index is 13.7. The Balaban J connectivity index is 1.70. The number of fused-ring (bicyclic) bond motifs is 1. The molecule has 0 radical (unpaired) electrons. The summed E-state index contributed by atoms with van der Waals surface area (Å²) in [5.41, 5.74) is 0.904. The Labute approximate surface area is 227 Å². The van der Waals surface area contributed by atoms with Gasteiger partial charge in [0.15, 0.2) is 0 Å².